The molecule has 0 aromatic rings. The maximum atomic E-state index is 10.9. The van der Waals surface area contributed by atoms with Crippen molar-refractivity contribution >= 4 is 9.84 Å². The highest BCUT2D eigenvalue weighted by Gasteiger charge is 2.18. The summed E-state index contributed by atoms with van der Waals surface area (Å²) >= 11 is 0. The van der Waals surface area contributed by atoms with Crippen LogP contribution in [0.25, 0.3) is 0 Å². The first-order chi connectivity index (χ1) is 6.97. The van der Waals surface area contributed by atoms with Crippen molar-refractivity contribution in [3.63, 3.8) is 0 Å². The molecule has 0 radical (unpaired) electrons. The molecule has 1 unspecified atom stereocenters. The molecule has 0 bridgehead atoms. The van der Waals surface area contributed by atoms with E-state index in [-0.39, 0.29) is 0 Å². The fraction of sp³-hybridized carbons (Fsp3) is 1.00. The SMILES string of the molecule is CN1CCC(CNCCCS(C)(=O)=O)C1. The van der Waals surface area contributed by atoms with E-state index >= 15 is 0 Å². The zero-order valence-corrected chi connectivity index (χ0v) is 10.5. The van der Waals surface area contributed by atoms with E-state index in [9.17, 15) is 8.42 Å². The second kappa shape index (κ2) is 5.82. The Kier molecular flexibility index (Phi) is 5.02. The number of nitrogens with one attached hydrogen (secondary N) is 1. The van der Waals surface area contributed by atoms with E-state index < -0.39 is 9.84 Å². The Hall–Kier alpha value is -0.130. The Morgan fingerprint density at radius 3 is 2.73 bits per heavy atom. The van der Waals surface area contributed by atoms with E-state index in [0.717, 1.165) is 25.4 Å². The summed E-state index contributed by atoms with van der Waals surface area (Å²) in [6.45, 7) is 4.19. The van der Waals surface area contributed by atoms with Crippen molar-refractivity contribution in [1.82, 2.24) is 10.2 Å². The molecule has 90 valence electrons. The maximum Gasteiger partial charge on any atom is 0.147 e. The average molecular weight is 234 g/mol. The van der Waals surface area contributed by atoms with Gasteiger partial charge in [0.15, 0.2) is 0 Å². The Balaban J connectivity index is 1.98. The zero-order valence-electron chi connectivity index (χ0n) is 9.70. The van der Waals surface area contributed by atoms with E-state index in [0.29, 0.717) is 5.75 Å². The quantitative estimate of drug-likeness (QED) is 0.655. The summed E-state index contributed by atoms with van der Waals surface area (Å²) in [6, 6.07) is 0. The first-order valence-corrected chi connectivity index (χ1v) is 7.60. The van der Waals surface area contributed by atoms with Crippen LogP contribution in [0.15, 0.2) is 0 Å². The van der Waals surface area contributed by atoms with Crippen molar-refractivity contribution in [2.45, 2.75) is 12.8 Å². The Bertz CT molecular complexity index is 277. The van der Waals surface area contributed by atoms with Gasteiger partial charge in [-0.3, -0.25) is 0 Å². The summed E-state index contributed by atoms with van der Waals surface area (Å²) in [7, 11) is -0.638. The molecule has 4 nitrogen and oxygen atoms in total. The van der Waals surface area contributed by atoms with Gasteiger partial charge in [-0.15, -0.1) is 0 Å². The number of hydrogen-bond acceptors (Lipinski definition) is 4. The molecule has 0 amide bonds. The number of rotatable bonds is 6. The van der Waals surface area contributed by atoms with E-state index in [1.54, 1.807) is 0 Å². The van der Waals surface area contributed by atoms with Gasteiger partial charge < -0.3 is 10.2 Å². The lowest BCUT2D eigenvalue weighted by Gasteiger charge is -2.11. The molecule has 1 fully saturated rings. The third-order valence-corrected chi connectivity index (χ3v) is 3.82. The van der Waals surface area contributed by atoms with Gasteiger partial charge in [0.1, 0.15) is 9.84 Å². The van der Waals surface area contributed by atoms with Gasteiger partial charge >= 0.3 is 0 Å². The molecule has 0 aliphatic carbocycles. The largest absolute Gasteiger partial charge is 0.316 e. The Labute approximate surface area is 93.0 Å². The van der Waals surface area contributed by atoms with Gasteiger partial charge in [0, 0.05) is 12.8 Å². The molecule has 1 heterocycles. The molecule has 1 saturated heterocycles. The number of nitrogens with zero attached hydrogens (tertiary/aromatic N) is 1. The number of likely N-dealkylation sites (tertiary alicyclic amines) is 1. The van der Waals surface area contributed by atoms with E-state index in [2.05, 4.69) is 17.3 Å². The molecule has 0 saturated carbocycles. The number of hydrogen-bond donors (Lipinski definition) is 1. The van der Waals surface area contributed by atoms with Crippen molar-refractivity contribution in [2.24, 2.45) is 5.92 Å². The van der Waals surface area contributed by atoms with Crippen LogP contribution in [0, 0.1) is 5.92 Å². The second-order valence-electron chi connectivity index (χ2n) is 4.60. The van der Waals surface area contributed by atoms with Crippen LogP contribution < -0.4 is 5.32 Å². The summed E-state index contributed by atoms with van der Waals surface area (Å²) in [5.41, 5.74) is 0. The molecule has 1 aliphatic rings. The van der Waals surface area contributed by atoms with E-state index in [1.165, 1.54) is 25.8 Å². The lowest BCUT2D eigenvalue weighted by molar-refractivity contribution is 0.388. The molecule has 1 atom stereocenters. The van der Waals surface area contributed by atoms with Crippen LogP contribution in [0.3, 0.4) is 0 Å². The minimum atomic E-state index is -2.78. The molecule has 5 heteroatoms. The highest BCUT2D eigenvalue weighted by Crippen LogP contribution is 2.12. The van der Waals surface area contributed by atoms with Gasteiger partial charge in [0.2, 0.25) is 0 Å². The molecular formula is C10H22N2O2S. The van der Waals surface area contributed by atoms with Gasteiger partial charge in [-0.2, -0.15) is 0 Å². The standard InChI is InChI=1S/C10H22N2O2S/c1-12-6-4-10(9-12)8-11-5-3-7-15(2,13)14/h10-11H,3-9H2,1-2H3. The first-order valence-electron chi connectivity index (χ1n) is 5.54. The minimum Gasteiger partial charge on any atom is -0.316 e. The molecular weight excluding hydrogens is 212 g/mol. The fourth-order valence-electron chi connectivity index (χ4n) is 1.96. The fourth-order valence-corrected chi connectivity index (χ4v) is 2.63. The van der Waals surface area contributed by atoms with Gasteiger partial charge in [-0.25, -0.2) is 8.42 Å². The summed E-state index contributed by atoms with van der Waals surface area (Å²) in [5.74, 6) is 1.04. The average Bonchev–Trinajstić information content (AvgIpc) is 2.49. The normalized spacial score (nSPS) is 23.5. The van der Waals surface area contributed by atoms with Crippen LogP contribution in [0.5, 0.6) is 0 Å². The minimum absolute atomic E-state index is 0.296. The van der Waals surface area contributed by atoms with Gasteiger partial charge in [0.05, 0.1) is 5.75 Å². The van der Waals surface area contributed by atoms with Crippen LogP contribution in [-0.2, 0) is 9.84 Å². The third kappa shape index (κ3) is 6.12. The molecule has 0 aromatic carbocycles. The van der Waals surface area contributed by atoms with Crippen LogP contribution in [0.2, 0.25) is 0 Å². The summed E-state index contributed by atoms with van der Waals surface area (Å²) in [4.78, 5) is 2.34. The lowest BCUT2D eigenvalue weighted by Crippen LogP contribution is -2.26. The van der Waals surface area contributed by atoms with Crippen LogP contribution in [-0.4, -0.2) is 58.6 Å². The molecule has 0 aromatic heterocycles. The molecule has 0 spiro atoms. The number of sulfone groups is 1. The van der Waals surface area contributed by atoms with Gasteiger partial charge in [-0.05, 0) is 45.4 Å². The van der Waals surface area contributed by atoms with Crippen LogP contribution in [0.1, 0.15) is 12.8 Å². The highest BCUT2D eigenvalue weighted by atomic mass is 32.2. The third-order valence-electron chi connectivity index (χ3n) is 2.79. The zero-order chi connectivity index (χ0) is 11.3. The van der Waals surface area contributed by atoms with Crippen molar-refractivity contribution < 1.29 is 8.42 Å². The molecule has 1 rings (SSSR count). The van der Waals surface area contributed by atoms with E-state index in [4.69, 9.17) is 0 Å². The van der Waals surface area contributed by atoms with Gasteiger partial charge in [-0.1, -0.05) is 0 Å². The Morgan fingerprint density at radius 1 is 1.47 bits per heavy atom. The highest BCUT2D eigenvalue weighted by molar-refractivity contribution is 7.90. The second-order valence-corrected chi connectivity index (χ2v) is 6.86. The summed E-state index contributed by atoms with van der Waals surface area (Å²) in [5, 5.41) is 3.33. The van der Waals surface area contributed by atoms with Crippen molar-refractivity contribution in [2.75, 3.05) is 45.2 Å². The molecule has 1 N–H and O–H groups in total. The van der Waals surface area contributed by atoms with Crippen LogP contribution >= 0.6 is 0 Å². The molecule has 15 heavy (non-hydrogen) atoms. The predicted molar refractivity (Wildman–Crippen MR) is 62.8 cm³/mol. The maximum absolute atomic E-state index is 10.9. The first kappa shape index (κ1) is 12.9. The van der Waals surface area contributed by atoms with E-state index in [1.807, 2.05) is 0 Å². The van der Waals surface area contributed by atoms with Crippen molar-refractivity contribution in [3.8, 4) is 0 Å². The lowest BCUT2D eigenvalue weighted by atomic mass is 10.1. The monoisotopic (exact) mass is 234 g/mol. The van der Waals surface area contributed by atoms with Crippen molar-refractivity contribution in [1.29, 1.82) is 0 Å². The topological polar surface area (TPSA) is 49.4 Å². The summed E-state index contributed by atoms with van der Waals surface area (Å²) in [6.07, 6.45) is 3.27. The van der Waals surface area contributed by atoms with Gasteiger partial charge in [0.25, 0.3) is 0 Å². The van der Waals surface area contributed by atoms with Crippen molar-refractivity contribution in [3.05, 3.63) is 0 Å². The summed E-state index contributed by atoms with van der Waals surface area (Å²) < 4.78 is 21.7. The Morgan fingerprint density at radius 2 is 2.20 bits per heavy atom. The molecule has 1 aliphatic heterocycles. The smallest absolute Gasteiger partial charge is 0.147 e. The van der Waals surface area contributed by atoms with Crippen LogP contribution in [0.4, 0.5) is 0 Å². The predicted octanol–water partition coefficient (Wildman–Crippen LogP) is -0.0376.